The maximum absolute atomic E-state index is 14.0. The van der Waals surface area contributed by atoms with Crippen LogP contribution in [0, 0.1) is 11.8 Å². The number of rotatable bonds is 9. The van der Waals surface area contributed by atoms with E-state index in [4.69, 9.17) is 9.47 Å². The van der Waals surface area contributed by atoms with Gasteiger partial charge in [-0.3, -0.25) is 9.59 Å². The molecule has 1 aromatic heterocycles. The largest absolute Gasteiger partial charge is 0.497 e. The SMILES string of the molecule is COc1ccc(CN2C(=O)c3cc4ccc(OC)cc4n3C[C@]2(C)C(=O)NCCCN2C[C@H](C)C[C@@H](C)C2)cc1. The van der Waals surface area contributed by atoms with Gasteiger partial charge in [-0.1, -0.05) is 26.0 Å². The van der Waals surface area contributed by atoms with Crippen molar-refractivity contribution in [2.45, 2.75) is 52.2 Å². The summed E-state index contributed by atoms with van der Waals surface area (Å²) in [5.74, 6) is 2.59. The third-order valence-electron chi connectivity index (χ3n) is 8.51. The van der Waals surface area contributed by atoms with E-state index < -0.39 is 5.54 Å². The molecule has 1 saturated heterocycles. The Bertz CT molecular complexity index is 1360. The quantitative estimate of drug-likeness (QED) is 0.399. The van der Waals surface area contributed by atoms with Crippen LogP contribution in [-0.4, -0.2) is 72.1 Å². The first-order valence-electron chi connectivity index (χ1n) is 14.3. The van der Waals surface area contributed by atoms with E-state index in [1.165, 1.54) is 6.42 Å². The van der Waals surface area contributed by atoms with Crippen LogP contribution in [0.3, 0.4) is 0 Å². The number of methoxy groups -OCH3 is 2. The van der Waals surface area contributed by atoms with Crippen LogP contribution in [0.2, 0.25) is 0 Å². The van der Waals surface area contributed by atoms with Crippen molar-refractivity contribution in [1.82, 2.24) is 19.7 Å². The summed E-state index contributed by atoms with van der Waals surface area (Å²) in [4.78, 5) is 32.2. The van der Waals surface area contributed by atoms with Gasteiger partial charge in [-0.2, -0.15) is 0 Å². The van der Waals surface area contributed by atoms with Crippen LogP contribution in [-0.2, 0) is 17.9 Å². The molecule has 2 aliphatic heterocycles. The van der Waals surface area contributed by atoms with Crippen molar-refractivity contribution in [3.05, 3.63) is 59.8 Å². The molecule has 0 radical (unpaired) electrons. The van der Waals surface area contributed by atoms with Gasteiger partial charge in [0.2, 0.25) is 5.91 Å². The maximum atomic E-state index is 14.0. The fraction of sp³-hybridized carbons (Fsp3) is 0.500. The highest BCUT2D eigenvalue weighted by Crippen LogP contribution is 2.35. The highest BCUT2D eigenvalue weighted by atomic mass is 16.5. The number of nitrogens with one attached hydrogen (secondary N) is 1. The zero-order valence-electron chi connectivity index (χ0n) is 24.4. The van der Waals surface area contributed by atoms with Crippen LogP contribution in [0.5, 0.6) is 11.5 Å². The number of fused-ring (bicyclic) bond motifs is 3. The van der Waals surface area contributed by atoms with E-state index in [2.05, 4.69) is 24.1 Å². The third kappa shape index (κ3) is 5.55. The Kier molecular flexibility index (Phi) is 8.08. The summed E-state index contributed by atoms with van der Waals surface area (Å²) in [6.07, 6.45) is 2.16. The predicted molar refractivity (Wildman–Crippen MR) is 157 cm³/mol. The summed E-state index contributed by atoms with van der Waals surface area (Å²) < 4.78 is 12.7. The molecule has 8 heteroatoms. The summed E-state index contributed by atoms with van der Waals surface area (Å²) in [7, 11) is 3.26. The number of likely N-dealkylation sites (tertiary alicyclic amines) is 1. The van der Waals surface area contributed by atoms with Gasteiger partial charge in [0.25, 0.3) is 5.91 Å². The van der Waals surface area contributed by atoms with E-state index in [1.807, 2.05) is 60.0 Å². The van der Waals surface area contributed by atoms with E-state index in [1.54, 1.807) is 19.1 Å². The molecule has 5 rings (SSSR count). The summed E-state index contributed by atoms with van der Waals surface area (Å²) in [6, 6.07) is 15.4. The lowest BCUT2D eigenvalue weighted by atomic mass is 9.92. The van der Waals surface area contributed by atoms with Gasteiger partial charge in [0, 0.05) is 37.6 Å². The summed E-state index contributed by atoms with van der Waals surface area (Å²) in [5, 5.41) is 4.13. The van der Waals surface area contributed by atoms with Gasteiger partial charge in [-0.15, -0.1) is 0 Å². The van der Waals surface area contributed by atoms with Crippen LogP contribution in [0.1, 0.15) is 49.7 Å². The van der Waals surface area contributed by atoms with Crippen molar-refractivity contribution in [1.29, 1.82) is 0 Å². The van der Waals surface area contributed by atoms with Crippen LogP contribution >= 0.6 is 0 Å². The second-order valence-corrected chi connectivity index (χ2v) is 11.9. The lowest BCUT2D eigenvalue weighted by molar-refractivity contribution is -0.133. The smallest absolute Gasteiger partial charge is 0.271 e. The number of ether oxygens (including phenoxy) is 2. The van der Waals surface area contributed by atoms with Crippen LogP contribution in [0.25, 0.3) is 10.9 Å². The molecule has 1 N–H and O–H groups in total. The van der Waals surface area contributed by atoms with E-state index in [0.29, 0.717) is 42.9 Å². The third-order valence-corrected chi connectivity index (χ3v) is 8.51. The van der Waals surface area contributed by atoms with Crippen molar-refractivity contribution < 1.29 is 19.1 Å². The lowest BCUT2D eigenvalue weighted by Gasteiger charge is -2.44. The molecule has 0 saturated carbocycles. The van der Waals surface area contributed by atoms with Crippen LogP contribution in [0.4, 0.5) is 0 Å². The molecule has 3 aromatic rings. The lowest BCUT2D eigenvalue weighted by Crippen LogP contribution is -2.63. The van der Waals surface area contributed by atoms with E-state index in [0.717, 1.165) is 48.3 Å². The molecule has 0 bridgehead atoms. The highest BCUT2D eigenvalue weighted by molar-refractivity contribution is 6.03. The first-order valence-corrected chi connectivity index (χ1v) is 14.3. The molecule has 40 heavy (non-hydrogen) atoms. The zero-order chi connectivity index (χ0) is 28.4. The molecule has 3 atom stereocenters. The van der Waals surface area contributed by atoms with Gasteiger partial charge >= 0.3 is 0 Å². The van der Waals surface area contributed by atoms with Gasteiger partial charge in [0.1, 0.15) is 22.7 Å². The molecule has 0 aliphatic carbocycles. The minimum Gasteiger partial charge on any atom is -0.497 e. The molecule has 8 nitrogen and oxygen atoms in total. The molecule has 214 valence electrons. The number of hydrogen-bond donors (Lipinski definition) is 1. The van der Waals surface area contributed by atoms with Gasteiger partial charge < -0.3 is 29.2 Å². The van der Waals surface area contributed by atoms with Crippen molar-refractivity contribution >= 4 is 22.7 Å². The highest BCUT2D eigenvalue weighted by Gasteiger charge is 2.47. The molecule has 1 fully saturated rings. The molecule has 2 aliphatic rings. The Hall–Kier alpha value is -3.52. The topological polar surface area (TPSA) is 76.0 Å². The minimum absolute atomic E-state index is 0.134. The number of benzene rings is 2. The Morgan fingerprint density at radius 1 is 1.00 bits per heavy atom. The molecule has 2 aromatic carbocycles. The predicted octanol–water partition coefficient (Wildman–Crippen LogP) is 4.56. The van der Waals surface area contributed by atoms with E-state index in [-0.39, 0.29) is 11.8 Å². The van der Waals surface area contributed by atoms with Gasteiger partial charge in [0.15, 0.2) is 0 Å². The minimum atomic E-state index is -1.08. The van der Waals surface area contributed by atoms with E-state index in [9.17, 15) is 9.59 Å². The summed E-state index contributed by atoms with van der Waals surface area (Å²) in [6.45, 7) is 11.0. The number of aromatic nitrogens is 1. The Morgan fingerprint density at radius 2 is 1.68 bits per heavy atom. The fourth-order valence-corrected chi connectivity index (χ4v) is 6.49. The number of amides is 2. The maximum Gasteiger partial charge on any atom is 0.271 e. The number of nitrogens with zero attached hydrogens (tertiary/aromatic N) is 3. The van der Waals surface area contributed by atoms with E-state index >= 15 is 0 Å². The first-order chi connectivity index (χ1) is 19.2. The molecular weight excluding hydrogens is 504 g/mol. The summed E-state index contributed by atoms with van der Waals surface area (Å²) in [5.41, 5.74) is 1.33. The molecule has 0 unspecified atom stereocenters. The monoisotopic (exact) mass is 546 g/mol. The second-order valence-electron chi connectivity index (χ2n) is 11.9. The Labute approximate surface area is 237 Å². The van der Waals surface area contributed by atoms with Crippen LogP contribution in [0.15, 0.2) is 48.5 Å². The molecule has 3 heterocycles. The van der Waals surface area contributed by atoms with Crippen molar-refractivity contribution in [3.8, 4) is 11.5 Å². The number of carbonyl (C=O) groups is 2. The Morgan fingerprint density at radius 3 is 2.35 bits per heavy atom. The zero-order valence-corrected chi connectivity index (χ0v) is 24.4. The number of hydrogen-bond acceptors (Lipinski definition) is 5. The summed E-state index contributed by atoms with van der Waals surface area (Å²) >= 11 is 0. The average Bonchev–Trinajstić information content (AvgIpc) is 3.30. The van der Waals surface area contributed by atoms with Gasteiger partial charge in [-0.25, -0.2) is 0 Å². The van der Waals surface area contributed by atoms with Crippen LogP contribution < -0.4 is 14.8 Å². The molecule has 2 amide bonds. The number of piperidine rings is 1. The molecule has 0 spiro atoms. The van der Waals surface area contributed by atoms with Gasteiger partial charge in [0.05, 0.1) is 26.3 Å². The van der Waals surface area contributed by atoms with Gasteiger partial charge in [-0.05, 0) is 74.0 Å². The Balaban J connectivity index is 1.38. The fourth-order valence-electron chi connectivity index (χ4n) is 6.49. The van der Waals surface area contributed by atoms with Crippen molar-refractivity contribution in [2.24, 2.45) is 11.8 Å². The average molecular weight is 547 g/mol. The molecular formula is C32H42N4O4. The second kappa shape index (κ2) is 11.5. The number of carbonyl (C=O) groups excluding carboxylic acids is 2. The first kappa shape index (κ1) is 28.0. The van der Waals surface area contributed by atoms with Crippen molar-refractivity contribution in [2.75, 3.05) is 40.4 Å². The standard InChI is InChI=1S/C32H42N4O4/c1-22-15-23(2)19-34(18-22)14-6-13-33-31(38)32(3)21-35-28-17-27(40-5)12-9-25(28)16-29(35)30(37)36(32)20-24-7-10-26(39-4)11-8-24/h7-12,16-17,22-23H,6,13-15,18-21H2,1-5H3,(H,33,38)/t22-,23-,32-/m1/s1. The van der Waals surface area contributed by atoms with Crippen molar-refractivity contribution in [3.63, 3.8) is 0 Å². The normalized spacial score (nSPS) is 23.2.